The second-order valence-corrected chi connectivity index (χ2v) is 5.52. The Morgan fingerprint density at radius 2 is 1.41 bits per heavy atom. The molecule has 22 heavy (non-hydrogen) atoms. The Bertz CT molecular complexity index is 359. The van der Waals surface area contributed by atoms with Crippen molar-refractivity contribution in [3.05, 3.63) is 0 Å². The molecule has 0 aromatic rings. The maximum absolute atomic E-state index is 11.4. The fourth-order valence-electron chi connectivity index (χ4n) is 3.09. The fraction of sp³-hybridized carbons (Fsp3) is 0.857. The third-order valence-corrected chi connectivity index (χ3v) is 4.23. The topological polar surface area (TPSA) is 83.1 Å². The molecule has 0 unspecified atom stereocenters. The molecule has 2 rings (SSSR count). The molecular weight excluding hydrogens is 288 g/mol. The van der Waals surface area contributed by atoms with Crippen LogP contribution in [0.3, 0.4) is 0 Å². The second-order valence-electron chi connectivity index (χ2n) is 5.52. The first kappa shape index (κ1) is 17.1. The van der Waals surface area contributed by atoms with Crippen LogP contribution in [0.15, 0.2) is 0 Å². The summed E-state index contributed by atoms with van der Waals surface area (Å²) in [6, 6.07) is 0. The number of nitrogens with zero attached hydrogens (tertiary/aromatic N) is 2. The molecule has 2 N–H and O–H groups in total. The molecule has 0 radical (unpaired) electrons. The van der Waals surface area contributed by atoms with Gasteiger partial charge in [-0.05, 0) is 0 Å². The summed E-state index contributed by atoms with van der Waals surface area (Å²) in [5.74, 6) is -0.389. The summed E-state index contributed by atoms with van der Waals surface area (Å²) in [4.78, 5) is 27.3. The molecule has 8 heteroatoms. The minimum absolute atomic E-state index is 0.136. The van der Waals surface area contributed by atoms with Gasteiger partial charge >= 0.3 is 11.9 Å². The predicted octanol–water partition coefficient (Wildman–Crippen LogP) is -1.42. The zero-order chi connectivity index (χ0) is 15.9. The molecule has 0 spiro atoms. The molecule has 0 atom stereocenters. The molecule has 2 saturated heterocycles. The normalized spacial score (nSPS) is 26.3. The van der Waals surface area contributed by atoms with Gasteiger partial charge in [0.05, 0.1) is 39.4 Å². The van der Waals surface area contributed by atoms with Gasteiger partial charge in [-0.3, -0.25) is 30.0 Å². The third-order valence-electron chi connectivity index (χ3n) is 4.23. The number of piperazine rings is 2. The number of ether oxygens (including phenoxy) is 2. The van der Waals surface area contributed by atoms with E-state index in [0.29, 0.717) is 25.9 Å². The zero-order valence-electron chi connectivity index (χ0n) is 13.3. The molecular formula is C14H26N4O4. The first-order valence-corrected chi connectivity index (χ1v) is 7.74. The number of hydrogen-bond acceptors (Lipinski definition) is 8. The number of fused-ring (bicyclic) bond motifs is 1. The van der Waals surface area contributed by atoms with Crippen LogP contribution in [0.25, 0.3) is 0 Å². The van der Waals surface area contributed by atoms with Crippen molar-refractivity contribution >= 4 is 11.9 Å². The van der Waals surface area contributed by atoms with E-state index in [0.717, 1.165) is 26.2 Å². The highest BCUT2D eigenvalue weighted by atomic mass is 16.5. The largest absolute Gasteiger partial charge is 0.469 e. The van der Waals surface area contributed by atoms with Gasteiger partial charge in [-0.2, -0.15) is 0 Å². The first-order chi connectivity index (χ1) is 10.7. The minimum Gasteiger partial charge on any atom is -0.469 e. The lowest BCUT2D eigenvalue weighted by atomic mass is 10.1. The fourth-order valence-corrected chi connectivity index (χ4v) is 3.09. The van der Waals surface area contributed by atoms with E-state index in [1.807, 2.05) is 0 Å². The average molecular weight is 314 g/mol. The number of nitrogens with one attached hydrogen (secondary N) is 2. The lowest BCUT2D eigenvalue weighted by Crippen LogP contribution is -2.72. The Hall–Kier alpha value is -1.22. The van der Waals surface area contributed by atoms with Crippen LogP contribution in [-0.4, -0.2) is 87.6 Å². The smallest absolute Gasteiger partial charge is 0.306 e. The number of methoxy groups -OCH3 is 2. The summed E-state index contributed by atoms with van der Waals surface area (Å²) in [5, 5.41) is 6.91. The van der Waals surface area contributed by atoms with E-state index in [-0.39, 0.29) is 24.3 Å². The van der Waals surface area contributed by atoms with E-state index in [1.54, 1.807) is 0 Å². The molecule has 2 aliphatic rings. The van der Waals surface area contributed by atoms with Crippen LogP contribution in [0, 0.1) is 0 Å². The molecule has 0 aromatic carbocycles. The van der Waals surface area contributed by atoms with Gasteiger partial charge in [0.15, 0.2) is 0 Å². The van der Waals surface area contributed by atoms with E-state index >= 15 is 0 Å². The molecule has 8 nitrogen and oxygen atoms in total. The minimum atomic E-state index is -0.194. The van der Waals surface area contributed by atoms with Crippen LogP contribution in [0.4, 0.5) is 0 Å². The van der Waals surface area contributed by atoms with Crippen LogP contribution in [0.2, 0.25) is 0 Å². The van der Waals surface area contributed by atoms with E-state index in [1.165, 1.54) is 14.2 Å². The third kappa shape index (κ3) is 4.39. The van der Waals surface area contributed by atoms with Crippen LogP contribution in [0.1, 0.15) is 12.8 Å². The van der Waals surface area contributed by atoms with Crippen molar-refractivity contribution in [3.63, 3.8) is 0 Å². The molecule has 0 amide bonds. The Balaban J connectivity index is 1.96. The number of rotatable bonds is 6. The van der Waals surface area contributed by atoms with Gasteiger partial charge < -0.3 is 9.47 Å². The predicted molar refractivity (Wildman–Crippen MR) is 80.0 cm³/mol. The Labute approximate surface area is 131 Å². The van der Waals surface area contributed by atoms with Gasteiger partial charge in [-0.1, -0.05) is 0 Å². The molecule has 2 heterocycles. The van der Waals surface area contributed by atoms with Gasteiger partial charge in [0, 0.05) is 39.3 Å². The molecule has 126 valence electrons. The summed E-state index contributed by atoms with van der Waals surface area (Å²) in [6.07, 6.45) is 1.05. The molecule has 0 aliphatic carbocycles. The van der Waals surface area contributed by atoms with Crippen LogP contribution >= 0.6 is 0 Å². The summed E-state index contributed by atoms with van der Waals surface area (Å²) in [6.45, 7) is 4.81. The zero-order valence-corrected chi connectivity index (χ0v) is 13.3. The Kier molecular flexibility index (Phi) is 6.56. The van der Waals surface area contributed by atoms with Gasteiger partial charge in [0.1, 0.15) is 0 Å². The Morgan fingerprint density at radius 1 is 0.955 bits per heavy atom. The second kappa shape index (κ2) is 8.42. The lowest BCUT2D eigenvalue weighted by molar-refractivity contribution is -0.142. The monoisotopic (exact) mass is 314 g/mol. The van der Waals surface area contributed by atoms with Gasteiger partial charge in [0.25, 0.3) is 0 Å². The quantitative estimate of drug-likeness (QED) is 0.578. The highest BCUT2D eigenvalue weighted by Crippen LogP contribution is 2.17. The van der Waals surface area contributed by atoms with Gasteiger partial charge in [0.2, 0.25) is 0 Å². The SMILES string of the molecule is COC(=O)CCN1CCNC2NCCN(CCC(=O)OC)C21. The summed E-state index contributed by atoms with van der Waals surface area (Å²) in [5.41, 5.74) is 0. The van der Waals surface area contributed by atoms with Crippen molar-refractivity contribution in [2.75, 3.05) is 53.5 Å². The van der Waals surface area contributed by atoms with E-state index in [2.05, 4.69) is 20.4 Å². The molecule has 0 bridgehead atoms. The van der Waals surface area contributed by atoms with Crippen molar-refractivity contribution in [1.82, 2.24) is 20.4 Å². The van der Waals surface area contributed by atoms with Crippen molar-refractivity contribution in [2.24, 2.45) is 0 Å². The van der Waals surface area contributed by atoms with E-state index < -0.39 is 0 Å². The number of carbonyl (C=O) groups excluding carboxylic acids is 2. The number of esters is 2. The molecule has 2 fully saturated rings. The molecule has 0 aromatic heterocycles. The van der Waals surface area contributed by atoms with Crippen molar-refractivity contribution in [3.8, 4) is 0 Å². The van der Waals surface area contributed by atoms with Crippen LogP contribution in [-0.2, 0) is 19.1 Å². The van der Waals surface area contributed by atoms with Crippen molar-refractivity contribution < 1.29 is 19.1 Å². The van der Waals surface area contributed by atoms with Crippen LogP contribution < -0.4 is 10.6 Å². The Morgan fingerprint density at radius 3 is 1.82 bits per heavy atom. The maximum atomic E-state index is 11.4. The van der Waals surface area contributed by atoms with Crippen LogP contribution in [0.5, 0.6) is 0 Å². The van der Waals surface area contributed by atoms with Crippen molar-refractivity contribution in [1.29, 1.82) is 0 Å². The number of hydrogen-bond donors (Lipinski definition) is 2. The first-order valence-electron chi connectivity index (χ1n) is 7.74. The van der Waals surface area contributed by atoms with Gasteiger partial charge in [-0.25, -0.2) is 0 Å². The van der Waals surface area contributed by atoms with Crippen molar-refractivity contribution in [2.45, 2.75) is 25.2 Å². The highest BCUT2D eigenvalue weighted by molar-refractivity contribution is 5.69. The summed E-state index contributed by atoms with van der Waals surface area (Å²) in [7, 11) is 2.82. The maximum Gasteiger partial charge on any atom is 0.306 e. The standard InChI is InChI=1S/C14H26N4O4/c1-21-11(19)3-7-17-9-5-15-13-14(17)18(10-6-16-13)8-4-12(20)22-2/h13-16H,3-10H2,1-2H3. The number of carbonyl (C=O) groups is 2. The summed E-state index contributed by atoms with van der Waals surface area (Å²) >= 11 is 0. The van der Waals surface area contributed by atoms with E-state index in [9.17, 15) is 9.59 Å². The molecule has 2 aliphatic heterocycles. The van der Waals surface area contributed by atoms with Gasteiger partial charge in [-0.15, -0.1) is 0 Å². The summed E-state index contributed by atoms with van der Waals surface area (Å²) < 4.78 is 9.45. The lowest BCUT2D eigenvalue weighted by Gasteiger charge is -2.50. The molecule has 0 saturated carbocycles. The average Bonchev–Trinajstić information content (AvgIpc) is 2.57. The van der Waals surface area contributed by atoms with E-state index in [4.69, 9.17) is 9.47 Å². The highest BCUT2D eigenvalue weighted by Gasteiger charge is 2.38.